The van der Waals surface area contributed by atoms with Crippen molar-refractivity contribution in [1.29, 1.82) is 0 Å². The second-order valence-electron chi connectivity index (χ2n) is 8.19. The summed E-state index contributed by atoms with van der Waals surface area (Å²) in [4.78, 5) is 0. The van der Waals surface area contributed by atoms with E-state index in [1.54, 1.807) is 0 Å². The molecule has 0 aliphatic rings. The van der Waals surface area contributed by atoms with E-state index < -0.39 is 0 Å². The van der Waals surface area contributed by atoms with Gasteiger partial charge < -0.3 is 11.1 Å². The second kappa shape index (κ2) is 13.2. The van der Waals surface area contributed by atoms with E-state index in [0.717, 1.165) is 36.6 Å². The summed E-state index contributed by atoms with van der Waals surface area (Å²) in [6.07, 6.45) is 8.86. The number of hydrogen-bond acceptors (Lipinski definition) is 2. The molecule has 140 valence electrons. The highest BCUT2D eigenvalue weighted by molar-refractivity contribution is 4.73. The third-order valence-electron chi connectivity index (χ3n) is 5.94. The first-order valence-electron chi connectivity index (χ1n) is 10.3. The first-order chi connectivity index (χ1) is 10.8. The van der Waals surface area contributed by atoms with Crippen LogP contribution in [0.25, 0.3) is 0 Å². The van der Waals surface area contributed by atoms with Crippen LogP contribution in [0.5, 0.6) is 0 Å². The lowest BCUT2D eigenvalue weighted by molar-refractivity contribution is 0.269. The third kappa shape index (κ3) is 10.4. The molecule has 6 unspecified atom stereocenters. The zero-order valence-corrected chi connectivity index (χ0v) is 17.2. The van der Waals surface area contributed by atoms with E-state index in [1.165, 1.54) is 38.5 Å². The van der Waals surface area contributed by atoms with Gasteiger partial charge in [-0.05, 0) is 69.2 Å². The van der Waals surface area contributed by atoms with Crippen LogP contribution < -0.4 is 11.1 Å². The maximum Gasteiger partial charge on any atom is 0.00668 e. The molecule has 0 amide bonds. The Bertz CT molecular complexity index is 267. The molecule has 6 atom stereocenters. The lowest BCUT2D eigenvalue weighted by Crippen LogP contribution is -2.34. The minimum absolute atomic E-state index is 0.384. The van der Waals surface area contributed by atoms with E-state index in [2.05, 4.69) is 53.8 Å². The van der Waals surface area contributed by atoms with E-state index >= 15 is 0 Å². The maximum absolute atomic E-state index is 6.11. The van der Waals surface area contributed by atoms with Gasteiger partial charge >= 0.3 is 0 Å². The lowest BCUT2D eigenvalue weighted by Gasteiger charge is -2.27. The summed E-state index contributed by atoms with van der Waals surface area (Å²) < 4.78 is 0. The van der Waals surface area contributed by atoms with Gasteiger partial charge in [-0.3, -0.25) is 0 Å². The molecular weight excluding hydrogens is 280 g/mol. The van der Waals surface area contributed by atoms with E-state index in [4.69, 9.17) is 5.73 Å². The monoisotopic (exact) mass is 326 g/mol. The van der Waals surface area contributed by atoms with E-state index in [1.807, 2.05) is 0 Å². The van der Waals surface area contributed by atoms with Crippen molar-refractivity contribution in [2.75, 3.05) is 6.54 Å². The van der Waals surface area contributed by atoms with Crippen LogP contribution in [-0.4, -0.2) is 18.6 Å². The largest absolute Gasteiger partial charge is 0.328 e. The Hall–Kier alpha value is -0.0800. The Morgan fingerprint density at radius 1 is 0.826 bits per heavy atom. The molecule has 0 spiro atoms. The molecule has 0 heterocycles. The van der Waals surface area contributed by atoms with Crippen molar-refractivity contribution < 1.29 is 0 Å². The Kier molecular flexibility index (Phi) is 13.2. The van der Waals surface area contributed by atoms with Gasteiger partial charge in [0, 0.05) is 12.1 Å². The number of rotatable bonds is 14. The molecule has 0 aliphatic heterocycles. The van der Waals surface area contributed by atoms with Crippen LogP contribution in [-0.2, 0) is 0 Å². The highest BCUT2D eigenvalue weighted by Gasteiger charge is 2.18. The van der Waals surface area contributed by atoms with Crippen LogP contribution in [0.15, 0.2) is 0 Å². The third-order valence-corrected chi connectivity index (χ3v) is 5.94. The van der Waals surface area contributed by atoms with Crippen molar-refractivity contribution in [3.05, 3.63) is 0 Å². The fourth-order valence-corrected chi connectivity index (χ4v) is 3.76. The Balaban J connectivity index is 3.99. The zero-order chi connectivity index (χ0) is 17.8. The Morgan fingerprint density at radius 3 is 1.96 bits per heavy atom. The molecule has 0 saturated carbocycles. The topological polar surface area (TPSA) is 38.0 Å². The molecule has 0 aliphatic carbocycles. The summed E-state index contributed by atoms with van der Waals surface area (Å²) >= 11 is 0. The highest BCUT2D eigenvalue weighted by Crippen LogP contribution is 2.25. The van der Waals surface area contributed by atoms with Gasteiger partial charge in [0.25, 0.3) is 0 Å². The standard InChI is InChI=1S/C21H46N2/c1-8-11-20(9-2)19(7)23-13-12-16(4)14-17(5)18(6)15-21(22)10-3/h16-21,23H,8-15,22H2,1-7H3. The first kappa shape index (κ1) is 22.9. The first-order valence-corrected chi connectivity index (χ1v) is 10.3. The average molecular weight is 327 g/mol. The van der Waals surface area contributed by atoms with Gasteiger partial charge in [-0.25, -0.2) is 0 Å². The van der Waals surface area contributed by atoms with Crippen LogP contribution in [0.2, 0.25) is 0 Å². The van der Waals surface area contributed by atoms with E-state index in [9.17, 15) is 0 Å². The SMILES string of the molecule is CCCC(CC)C(C)NCCC(C)CC(C)C(C)CC(N)CC. The van der Waals surface area contributed by atoms with Gasteiger partial charge in [-0.1, -0.05) is 54.4 Å². The normalized spacial score (nSPS) is 19.8. The quantitative estimate of drug-likeness (QED) is 0.435. The molecule has 0 saturated heterocycles. The minimum atomic E-state index is 0.384. The van der Waals surface area contributed by atoms with Crippen molar-refractivity contribution in [1.82, 2.24) is 5.32 Å². The fraction of sp³-hybridized carbons (Fsp3) is 1.00. The van der Waals surface area contributed by atoms with Crippen LogP contribution in [0, 0.1) is 23.7 Å². The Morgan fingerprint density at radius 2 is 1.43 bits per heavy atom. The highest BCUT2D eigenvalue weighted by atomic mass is 14.9. The molecule has 0 aromatic carbocycles. The van der Waals surface area contributed by atoms with Crippen molar-refractivity contribution in [2.24, 2.45) is 29.4 Å². The molecule has 0 bridgehead atoms. The van der Waals surface area contributed by atoms with Gasteiger partial charge in [0.2, 0.25) is 0 Å². The second-order valence-corrected chi connectivity index (χ2v) is 8.19. The lowest BCUT2D eigenvalue weighted by atomic mass is 9.82. The van der Waals surface area contributed by atoms with Gasteiger partial charge in [0.05, 0.1) is 0 Å². The maximum atomic E-state index is 6.11. The molecule has 0 rings (SSSR count). The molecule has 0 radical (unpaired) electrons. The van der Waals surface area contributed by atoms with Crippen molar-refractivity contribution in [3.63, 3.8) is 0 Å². The average Bonchev–Trinajstić information content (AvgIpc) is 2.51. The predicted molar refractivity (Wildman–Crippen MR) is 106 cm³/mol. The molecule has 23 heavy (non-hydrogen) atoms. The zero-order valence-electron chi connectivity index (χ0n) is 17.2. The Labute approximate surface area is 147 Å². The van der Waals surface area contributed by atoms with E-state index in [0.29, 0.717) is 12.1 Å². The van der Waals surface area contributed by atoms with Gasteiger partial charge in [0.15, 0.2) is 0 Å². The van der Waals surface area contributed by atoms with Crippen molar-refractivity contribution in [2.45, 2.75) is 105 Å². The summed E-state index contributed by atoms with van der Waals surface area (Å²) in [6, 6.07) is 1.04. The summed E-state index contributed by atoms with van der Waals surface area (Å²) in [5, 5.41) is 3.77. The summed E-state index contributed by atoms with van der Waals surface area (Å²) in [6.45, 7) is 17.6. The fourth-order valence-electron chi connectivity index (χ4n) is 3.76. The molecular formula is C21H46N2. The minimum Gasteiger partial charge on any atom is -0.328 e. The molecule has 2 nitrogen and oxygen atoms in total. The molecule has 2 heteroatoms. The van der Waals surface area contributed by atoms with Gasteiger partial charge in [-0.15, -0.1) is 0 Å². The van der Waals surface area contributed by atoms with Crippen molar-refractivity contribution in [3.8, 4) is 0 Å². The number of nitrogens with one attached hydrogen (secondary N) is 1. The molecule has 3 N–H and O–H groups in total. The van der Waals surface area contributed by atoms with Gasteiger partial charge in [0.1, 0.15) is 0 Å². The van der Waals surface area contributed by atoms with Crippen LogP contribution in [0.4, 0.5) is 0 Å². The smallest absolute Gasteiger partial charge is 0.00668 e. The van der Waals surface area contributed by atoms with E-state index in [-0.39, 0.29) is 0 Å². The van der Waals surface area contributed by atoms with Crippen molar-refractivity contribution >= 4 is 0 Å². The summed E-state index contributed by atoms with van der Waals surface area (Å²) in [5.41, 5.74) is 6.11. The number of nitrogens with two attached hydrogens (primary N) is 1. The van der Waals surface area contributed by atoms with Crippen LogP contribution >= 0.6 is 0 Å². The predicted octanol–water partition coefficient (Wildman–Crippen LogP) is 5.61. The van der Waals surface area contributed by atoms with Crippen LogP contribution in [0.3, 0.4) is 0 Å². The van der Waals surface area contributed by atoms with Crippen LogP contribution in [0.1, 0.15) is 93.4 Å². The molecule has 0 aromatic heterocycles. The molecule has 0 aromatic rings. The summed E-state index contributed by atoms with van der Waals surface area (Å²) in [5.74, 6) is 3.16. The number of hydrogen-bond donors (Lipinski definition) is 2. The summed E-state index contributed by atoms with van der Waals surface area (Å²) in [7, 11) is 0. The molecule has 0 fully saturated rings. The van der Waals surface area contributed by atoms with Gasteiger partial charge in [-0.2, -0.15) is 0 Å².